The van der Waals surface area contributed by atoms with Gasteiger partial charge in [0, 0.05) is 17.3 Å². The summed E-state index contributed by atoms with van der Waals surface area (Å²) in [6, 6.07) is 9.72. The van der Waals surface area contributed by atoms with Gasteiger partial charge in [-0.15, -0.1) is 0 Å². The lowest BCUT2D eigenvalue weighted by molar-refractivity contribution is 0.414. The lowest BCUT2D eigenvalue weighted by atomic mass is 10.2. The van der Waals surface area contributed by atoms with Gasteiger partial charge in [0.2, 0.25) is 5.95 Å². The van der Waals surface area contributed by atoms with E-state index in [0.29, 0.717) is 11.7 Å². The van der Waals surface area contributed by atoms with Crippen LogP contribution in [0.25, 0.3) is 5.52 Å². The molecule has 5 nitrogen and oxygen atoms in total. The van der Waals surface area contributed by atoms with E-state index in [-0.39, 0.29) is 0 Å². The molecule has 0 fully saturated rings. The van der Waals surface area contributed by atoms with Gasteiger partial charge in [-0.3, -0.25) is 9.38 Å². The third-order valence-electron chi connectivity index (χ3n) is 3.27. The molecule has 0 aliphatic rings. The van der Waals surface area contributed by atoms with Crippen molar-refractivity contribution in [1.29, 1.82) is 0 Å². The van der Waals surface area contributed by atoms with Gasteiger partial charge in [-0.05, 0) is 17.7 Å². The van der Waals surface area contributed by atoms with Crippen molar-refractivity contribution in [3.05, 3.63) is 47.2 Å². The second kappa shape index (κ2) is 5.94. The first-order valence-electron chi connectivity index (χ1n) is 6.55. The summed E-state index contributed by atoms with van der Waals surface area (Å²) in [5.74, 6) is 1.56. The maximum Gasteiger partial charge on any atom is 0.319 e. The molecule has 0 saturated heterocycles. The minimum absolute atomic E-state index is 0.460. The normalized spacial score (nSPS) is 10.8. The molecule has 0 radical (unpaired) electrons. The number of halogens is 1. The molecule has 1 aromatic carbocycles. The number of aromatic nitrogens is 3. The number of nitrogens with zero attached hydrogens (tertiary/aromatic N) is 3. The molecule has 2 aromatic heterocycles. The molecule has 1 N–H and O–H groups in total. The van der Waals surface area contributed by atoms with Crippen LogP contribution in [0.4, 0.5) is 5.95 Å². The van der Waals surface area contributed by atoms with Crippen LogP contribution in [-0.2, 0) is 6.54 Å². The molecule has 3 rings (SSSR count). The number of hydrogen-bond donors (Lipinski definition) is 1. The quantitative estimate of drug-likeness (QED) is 0.581. The Hall–Kier alpha value is -1.74. The Morgan fingerprint density at radius 3 is 2.81 bits per heavy atom. The Bertz CT molecular complexity index is 772. The van der Waals surface area contributed by atoms with Gasteiger partial charge in [0.05, 0.1) is 18.8 Å². The Morgan fingerprint density at radius 2 is 2.10 bits per heavy atom. The highest BCUT2D eigenvalue weighted by atomic mass is 35.5. The fraction of sp³-hybridized carbons (Fsp3) is 0.143. The van der Waals surface area contributed by atoms with Crippen LogP contribution in [0.2, 0.25) is 5.15 Å². The Kier molecular flexibility index (Phi) is 4.02. The third-order valence-corrected chi connectivity index (χ3v) is 4.17. The summed E-state index contributed by atoms with van der Waals surface area (Å²) in [6.07, 6.45) is 1.81. The second-order valence-electron chi connectivity index (χ2n) is 4.67. The van der Waals surface area contributed by atoms with E-state index in [9.17, 15) is 0 Å². The van der Waals surface area contributed by atoms with Gasteiger partial charge >= 0.3 is 16.3 Å². The van der Waals surface area contributed by atoms with E-state index in [1.165, 1.54) is 0 Å². The summed E-state index contributed by atoms with van der Waals surface area (Å²) >= 11 is 6.90. The molecule has 3 aromatic rings. The number of fused-ring (bicyclic) bond motifs is 1. The minimum atomic E-state index is 0.460. The van der Waals surface area contributed by atoms with Gasteiger partial charge < -0.3 is 10.1 Å². The number of ether oxygens (including phenoxy) is 1. The van der Waals surface area contributed by atoms with Crippen LogP contribution in [-0.4, -0.2) is 37.8 Å². The molecule has 0 aliphatic carbocycles. The first-order chi connectivity index (χ1) is 10.2. The number of anilines is 1. The van der Waals surface area contributed by atoms with E-state index < -0.39 is 0 Å². The van der Waals surface area contributed by atoms with Crippen molar-refractivity contribution < 1.29 is 4.74 Å². The van der Waals surface area contributed by atoms with Crippen LogP contribution in [0, 0.1) is 0 Å². The van der Waals surface area contributed by atoms with E-state index in [2.05, 4.69) is 15.3 Å². The number of imidazole rings is 1. The standard InChI is InChI=1S/C14H12ClN4O.Al.2H/c1-20-12-4-2-10(3-5-12)7-17-14-18-13(15)6-11-8-16-9-19(11)14;;;/h2-6,8H,7H2,1H3,(H,17,18);;;. The number of benzene rings is 1. The molecular formula is C14H14AlClN4O. The van der Waals surface area contributed by atoms with Crippen molar-refractivity contribution in [3.63, 3.8) is 0 Å². The minimum Gasteiger partial charge on any atom is -0.497 e. The first kappa shape index (κ1) is 14.2. The van der Waals surface area contributed by atoms with Crippen molar-refractivity contribution in [2.75, 3.05) is 12.4 Å². The average Bonchev–Trinajstić information content (AvgIpc) is 2.86. The second-order valence-corrected chi connectivity index (χ2v) is 5.95. The molecular weight excluding hydrogens is 303 g/mol. The summed E-state index contributed by atoms with van der Waals surface area (Å²) in [5, 5.41) is 3.78. The Balaban J connectivity index is 1.85. The number of methoxy groups -OCH3 is 1. The molecule has 7 heteroatoms. The van der Waals surface area contributed by atoms with Gasteiger partial charge in [-0.25, -0.2) is 4.98 Å². The summed E-state index contributed by atoms with van der Waals surface area (Å²) in [6.45, 7) is 0.658. The third kappa shape index (κ3) is 2.98. The topological polar surface area (TPSA) is 51.5 Å². The van der Waals surface area contributed by atoms with Gasteiger partial charge in [0.25, 0.3) is 0 Å². The fourth-order valence-electron chi connectivity index (χ4n) is 2.19. The zero-order valence-corrected chi connectivity index (χ0v) is 14.6. The summed E-state index contributed by atoms with van der Waals surface area (Å²) in [4.78, 5) is 8.70. The summed E-state index contributed by atoms with van der Waals surface area (Å²) in [7, 11) is 1.66. The maximum atomic E-state index is 6.06. The summed E-state index contributed by atoms with van der Waals surface area (Å²) < 4.78 is 8.16. The van der Waals surface area contributed by atoms with Crippen LogP contribution in [0.3, 0.4) is 0 Å². The van der Waals surface area contributed by atoms with E-state index >= 15 is 0 Å². The molecule has 0 amide bonds. The molecule has 0 spiro atoms. The number of nitrogens with one attached hydrogen (secondary N) is 1. The van der Waals surface area contributed by atoms with E-state index in [4.69, 9.17) is 16.3 Å². The monoisotopic (exact) mass is 316 g/mol. The zero-order chi connectivity index (χ0) is 14.8. The van der Waals surface area contributed by atoms with E-state index in [1.54, 1.807) is 7.11 Å². The Morgan fingerprint density at radius 1 is 1.33 bits per heavy atom. The van der Waals surface area contributed by atoms with Crippen LogP contribution in [0.5, 0.6) is 5.75 Å². The van der Waals surface area contributed by atoms with Crippen molar-refractivity contribution in [2.45, 2.75) is 6.54 Å². The largest absolute Gasteiger partial charge is 0.497 e. The predicted octanol–water partition coefficient (Wildman–Crippen LogP) is 1.26. The molecule has 21 heavy (non-hydrogen) atoms. The van der Waals surface area contributed by atoms with Crippen molar-refractivity contribution in [3.8, 4) is 5.75 Å². The van der Waals surface area contributed by atoms with E-state index in [1.807, 2.05) is 40.9 Å². The highest BCUT2D eigenvalue weighted by Crippen LogP contribution is 2.16. The maximum absolute atomic E-state index is 6.06. The smallest absolute Gasteiger partial charge is 0.319 e. The van der Waals surface area contributed by atoms with Crippen LogP contribution in [0.15, 0.2) is 36.5 Å². The number of rotatable bonds is 4. The summed E-state index contributed by atoms with van der Waals surface area (Å²) in [5.41, 5.74) is 2.10. The zero-order valence-electron chi connectivity index (χ0n) is 11.8. The van der Waals surface area contributed by atoms with Crippen LogP contribution < -0.4 is 14.7 Å². The van der Waals surface area contributed by atoms with Gasteiger partial charge in [0.1, 0.15) is 10.9 Å². The Labute approximate surface area is 135 Å². The van der Waals surface area contributed by atoms with Gasteiger partial charge in [-0.2, -0.15) is 0 Å². The lowest BCUT2D eigenvalue weighted by Gasteiger charge is -2.10. The highest BCUT2D eigenvalue weighted by Gasteiger charge is 2.07. The van der Waals surface area contributed by atoms with Gasteiger partial charge in [-0.1, -0.05) is 23.7 Å². The van der Waals surface area contributed by atoms with Crippen LogP contribution >= 0.6 is 11.6 Å². The van der Waals surface area contributed by atoms with E-state index in [0.717, 1.165) is 43.8 Å². The SMILES string of the molecule is COc1ccc(CNc2nc(Cl)cc3cn[c]([AlH2])n23)cc1. The molecule has 0 atom stereocenters. The molecule has 0 saturated carbocycles. The highest BCUT2D eigenvalue weighted by molar-refractivity contribution is 6.31. The fourth-order valence-corrected chi connectivity index (χ4v) is 2.98. The predicted molar refractivity (Wildman–Crippen MR) is 86.5 cm³/mol. The molecule has 0 aliphatic heterocycles. The lowest BCUT2D eigenvalue weighted by Crippen LogP contribution is -2.18. The number of hydrogen-bond acceptors (Lipinski definition) is 4. The molecule has 2 heterocycles. The van der Waals surface area contributed by atoms with Crippen LogP contribution in [0.1, 0.15) is 5.56 Å². The van der Waals surface area contributed by atoms with Gasteiger partial charge in [0.15, 0.2) is 0 Å². The van der Waals surface area contributed by atoms with Crippen molar-refractivity contribution in [2.24, 2.45) is 0 Å². The van der Waals surface area contributed by atoms with Crippen molar-refractivity contribution in [1.82, 2.24) is 14.4 Å². The average molecular weight is 317 g/mol. The molecule has 0 bridgehead atoms. The molecule has 106 valence electrons. The first-order valence-corrected chi connectivity index (χ1v) is 7.92. The molecule has 0 unspecified atom stereocenters. The van der Waals surface area contributed by atoms with Crippen molar-refractivity contribution >= 4 is 44.0 Å².